The molecule has 11 heavy (non-hydrogen) atoms. The van der Waals surface area contributed by atoms with Gasteiger partial charge in [-0.15, -0.1) is 0 Å². The molecule has 0 rings (SSSR count). The van der Waals surface area contributed by atoms with Gasteiger partial charge in [0.15, 0.2) is 0 Å². The zero-order chi connectivity index (χ0) is 8.41. The largest absolute Gasteiger partial charge is 1.00 e. The second-order valence-electron chi connectivity index (χ2n) is 2.91. The smallest absolute Gasteiger partial charge is 0.449 e. The Labute approximate surface area is 107 Å². The summed E-state index contributed by atoms with van der Waals surface area (Å²) in [5, 5.41) is 8.22. The van der Waals surface area contributed by atoms with Crippen molar-refractivity contribution >= 4 is 6.98 Å². The van der Waals surface area contributed by atoms with E-state index < -0.39 is 18.7 Å². The van der Waals surface area contributed by atoms with Crippen LogP contribution < -0.4 is 51.4 Å². The van der Waals surface area contributed by atoms with Crippen LogP contribution in [0.25, 0.3) is 0 Å². The summed E-state index contributed by atoms with van der Waals surface area (Å²) in [6, 6.07) is 1.59. The van der Waals surface area contributed by atoms with Crippen LogP contribution in [-0.2, 0) is 0 Å². The van der Waals surface area contributed by atoms with Crippen LogP contribution in [0.2, 0.25) is 6.32 Å². The molecular weight excluding hydrogens is 181 g/mol. The Bertz CT molecular complexity index is 160. The predicted octanol–water partition coefficient (Wildman–Crippen LogP) is -0.612. The van der Waals surface area contributed by atoms with E-state index in [1.807, 2.05) is 0 Å². The molecule has 1 nitrogen and oxygen atoms in total. The molecular formula is C5H8BF3KN. The van der Waals surface area contributed by atoms with Crippen molar-refractivity contribution < 1.29 is 64.3 Å². The molecule has 0 saturated carbocycles. The third-order valence-electron chi connectivity index (χ3n) is 1.04. The van der Waals surface area contributed by atoms with E-state index >= 15 is 0 Å². The summed E-state index contributed by atoms with van der Waals surface area (Å²) < 4.78 is 34.9. The van der Waals surface area contributed by atoms with Gasteiger partial charge >= 0.3 is 58.4 Å². The Hall–Kier alpha value is 0.981. The second-order valence-corrected chi connectivity index (χ2v) is 2.91. The Kier molecular flexibility index (Phi) is 6.43. The minimum atomic E-state index is -4.82. The number of hydrogen-bond donors (Lipinski definition) is 0. The maximum Gasteiger partial charge on any atom is 1.00 e. The van der Waals surface area contributed by atoms with Gasteiger partial charge in [-0.05, 0) is 13.8 Å². The molecule has 0 bridgehead atoms. The second kappa shape index (κ2) is 4.87. The van der Waals surface area contributed by atoms with Crippen LogP contribution in [0.1, 0.15) is 13.8 Å². The van der Waals surface area contributed by atoms with E-state index in [-0.39, 0.29) is 51.4 Å². The molecule has 0 fully saturated rings. The number of rotatable bonds is 2. The van der Waals surface area contributed by atoms with Gasteiger partial charge in [0, 0.05) is 5.41 Å². The molecule has 0 aromatic rings. The van der Waals surface area contributed by atoms with E-state index in [4.69, 9.17) is 5.26 Å². The standard InChI is InChI=1S/C5H8BF3N.K/c1-5(2,4-10)3-6(7,8)9;/h3H2,1-2H3;/q-1;+1. The first-order valence-corrected chi connectivity index (χ1v) is 2.89. The van der Waals surface area contributed by atoms with Gasteiger partial charge in [-0.3, -0.25) is 0 Å². The first-order valence-electron chi connectivity index (χ1n) is 2.89. The zero-order valence-corrected chi connectivity index (χ0v) is 9.99. The maximum absolute atomic E-state index is 11.6. The van der Waals surface area contributed by atoms with Crippen LogP contribution in [0.4, 0.5) is 12.9 Å². The molecule has 0 aliphatic carbocycles. The van der Waals surface area contributed by atoms with Crippen molar-refractivity contribution in [3.8, 4) is 6.07 Å². The van der Waals surface area contributed by atoms with Crippen LogP contribution in [-0.4, -0.2) is 6.98 Å². The van der Waals surface area contributed by atoms with Gasteiger partial charge in [-0.25, -0.2) is 0 Å². The summed E-state index contributed by atoms with van der Waals surface area (Å²) in [4.78, 5) is 0. The predicted molar refractivity (Wildman–Crippen MR) is 33.3 cm³/mol. The van der Waals surface area contributed by atoms with E-state index in [9.17, 15) is 12.9 Å². The van der Waals surface area contributed by atoms with Gasteiger partial charge in [0.1, 0.15) is 0 Å². The molecule has 0 amide bonds. The zero-order valence-electron chi connectivity index (χ0n) is 6.87. The SMILES string of the molecule is CC(C)(C#N)C[B-](F)(F)F.[K+]. The van der Waals surface area contributed by atoms with Crippen molar-refractivity contribution in [3.63, 3.8) is 0 Å². The average Bonchev–Trinajstić information content (AvgIpc) is 1.60. The van der Waals surface area contributed by atoms with Gasteiger partial charge in [-0.2, -0.15) is 5.26 Å². The van der Waals surface area contributed by atoms with Gasteiger partial charge in [0.25, 0.3) is 0 Å². The fourth-order valence-corrected chi connectivity index (χ4v) is 0.624. The number of nitrogens with zero attached hydrogens (tertiary/aromatic N) is 1. The molecule has 0 aromatic heterocycles. The quantitative estimate of drug-likeness (QED) is 0.531. The van der Waals surface area contributed by atoms with Crippen LogP contribution >= 0.6 is 0 Å². The Morgan fingerprint density at radius 3 is 1.82 bits per heavy atom. The third-order valence-corrected chi connectivity index (χ3v) is 1.04. The minimum Gasteiger partial charge on any atom is -0.449 e. The van der Waals surface area contributed by atoms with Gasteiger partial charge in [0.2, 0.25) is 0 Å². The van der Waals surface area contributed by atoms with E-state index in [2.05, 4.69) is 0 Å². The van der Waals surface area contributed by atoms with Crippen molar-refractivity contribution in [2.24, 2.45) is 5.41 Å². The van der Waals surface area contributed by atoms with Crippen molar-refractivity contribution in [2.45, 2.75) is 20.2 Å². The molecule has 0 radical (unpaired) electrons. The summed E-state index contributed by atoms with van der Waals surface area (Å²) >= 11 is 0. The Morgan fingerprint density at radius 2 is 1.73 bits per heavy atom. The molecule has 0 saturated heterocycles. The topological polar surface area (TPSA) is 23.8 Å². The summed E-state index contributed by atoms with van der Waals surface area (Å²) in [6.07, 6.45) is -0.983. The fraction of sp³-hybridized carbons (Fsp3) is 0.800. The molecule has 0 aliphatic rings. The average molecular weight is 189 g/mol. The summed E-state index contributed by atoms with van der Waals surface area (Å²) in [7, 11) is 0. The number of halogens is 3. The van der Waals surface area contributed by atoms with Crippen molar-refractivity contribution in [1.82, 2.24) is 0 Å². The minimum absolute atomic E-state index is 0. The summed E-state index contributed by atoms with van der Waals surface area (Å²) in [5.41, 5.74) is -1.27. The van der Waals surface area contributed by atoms with E-state index in [1.165, 1.54) is 13.8 Å². The van der Waals surface area contributed by atoms with E-state index in [1.54, 1.807) is 6.07 Å². The molecule has 0 N–H and O–H groups in total. The molecule has 0 aromatic carbocycles. The van der Waals surface area contributed by atoms with Gasteiger partial charge < -0.3 is 12.9 Å². The molecule has 0 unspecified atom stereocenters. The van der Waals surface area contributed by atoms with Crippen LogP contribution in [0.15, 0.2) is 0 Å². The fourth-order valence-electron chi connectivity index (χ4n) is 0.624. The van der Waals surface area contributed by atoms with Gasteiger partial charge in [0.05, 0.1) is 6.07 Å². The summed E-state index contributed by atoms with van der Waals surface area (Å²) in [6.45, 7) is -2.26. The third kappa shape index (κ3) is 8.89. The van der Waals surface area contributed by atoms with Crippen molar-refractivity contribution in [3.05, 3.63) is 0 Å². The molecule has 0 aliphatic heterocycles. The molecule has 0 heterocycles. The molecule has 6 heteroatoms. The Morgan fingerprint density at radius 1 is 1.36 bits per heavy atom. The van der Waals surface area contributed by atoms with Gasteiger partial charge in [-0.1, -0.05) is 6.32 Å². The monoisotopic (exact) mass is 189 g/mol. The number of hydrogen-bond acceptors (Lipinski definition) is 1. The van der Waals surface area contributed by atoms with E-state index in [0.29, 0.717) is 0 Å². The normalized spacial score (nSPS) is 11.6. The van der Waals surface area contributed by atoms with Crippen LogP contribution in [0.3, 0.4) is 0 Å². The maximum atomic E-state index is 11.6. The van der Waals surface area contributed by atoms with E-state index in [0.717, 1.165) is 0 Å². The summed E-state index contributed by atoms with van der Waals surface area (Å²) in [5.74, 6) is 0. The number of nitriles is 1. The van der Waals surface area contributed by atoms with Crippen LogP contribution in [0, 0.1) is 16.7 Å². The Balaban J connectivity index is 0. The molecule has 0 atom stereocenters. The van der Waals surface area contributed by atoms with Crippen molar-refractivity contribution in [1.29, 1.82) is 5.26 Å². The van der Waals surface area contributed by atoms with Crippen molar-refractivity contribution in [2.75, 3.05) is 0 Å². The molecule has 58 valence electrons. The van der Waals surface area contributed by atoms with Crippen LogP contribution in [0.5, 0.6) is 0 Å². The first kappa shape index (κ1) is 14.5. The molecule has 0 spiro atoms. The first-order chi connectivity index (χ1) is 4.27.